The lowest BCUT2D eigenvalue weighted by molar-refractivity contribution is 0.0696. The Balaban J connectivity index is 1.43. The van der Waals surface area contributed by atoms with E-state index in [1.165, 1.54) is 0 Å². The first-order valence-electron chi connectivity index (χ1n) is 10.2. The predicted molar refractivity (Wildman–Crippen MR) is 119 cm³/mol. The molecule has 1 saturated heterocycles. The standard InChI is InChI=1S/C23H23N5OS/c1-30-23-24-14-20(28(23)17-9-3-2-4-10-17)22(29)27-13-7-8-16(15-27)21-25-18-11-5-6-12-19(18)26-21/h2-6,9-12,14,16H,7-8,13,15H2,1H3,(H,25,26). The number of aromatic amines is 1. The van der Waals surface area contributed by atoms with Crippen molar-refractivity contribution in [1.29, 1.82) is 0 Å². The largest absolute Gasteiger partial charge is 0.342 e. The number of carbonyl (C=O) groups excluding carboxylic acids is 1. The van der Waals surface area contributed by atoms with E-state index in [4.69, 9.17) is 4.98 Å². The van der Waals surface area contributed by atoms with Crippen LogP contribution in [-0.2, 0) is 0 Å². The molecule has 152 valence electrons. The van der Waals surface area contributed by atoms with Gasteiger partial charge in [-0.3, -0.25) is 9.36 Å². The van der Waals surface area contributed by atoms with Gasteiger partial charge < -0.3 is 9.88 Å². The van der Waals surface area contributed by atoms with Crippen molar-refractivity contribution in [3.05, 3.63) is 72.3 Å². The van der Waals surface area contributed by atoms with Gasteiger partial charge in [0, 0.05) is 24.7 Å². The molecule has 5 rings (SSSR count). The van der Waals surface area contributed by atoms with Gasteiger partial charge in [0.2, 0.25) is 0 Å². The van der Waals surface area contributed by atoms with E-state index < -0.39 is 0 Å². The van der Waals surface area contributed by atoms with E-state index in [0.717, 1.165) is 47.1 Å². The van der Waals surface area contributed by atoms with Gasteiger partial charge in [-0.05, 0) is 43.4 Å². The van der Waals surface area contributed by atoms with Crippen molar-refractivity contribution in [3.8, 4) is 5.69 Å². The number of imidazole rings is 2. The topological polar surface area (TPSA) is 66.8 Å². The van der Waals surface area contributed by atoms with Gasteiger partial charge in [-0.2, -0.15) is 0 Å². The summed E-state index contributed by atoms with van der Waals surface area (Å²) in [5.41, 5.74) is 3.58. The van der Waals surface area contributed by atoms with Gasteiger partial charge in [-0.1, -0.05) is 42.1 Å². The second-order valence-electron chi connectivity index (χ2n) is 7.53. The molecule has 0 radical (unpaired) electrons. The molecule has 1 aliphatic heterocycles. The number of carbonyl (C=O) groups is 1. The molecular weight excluding hydrogens is 394 g/mol. The monoisotopic (exact) mass is 417 g/mol. The summed E-state index contributed by atoms with van der Waals surface area (Å²) in [6.07, 6.45) is 5.67. The highest BCUT2D eigenvalue weighted by molar-refractivity contribution is 7.98. The summed E-state index contributed by atoms with van der Waals surface area (Å²) < 4.78 is 1.96. The zero-order valence-electron chi connectivity index (χ0n) is 16.8. The van der Waals surface area contributed by atoms with Crippen molar-refractivity contribution in [1.82, 2.24) is 24.4 Å². The summed E-state index contributed by atoms with van der Waals surface area (Å²) in [5, 5.41) is 0.815. The number of amides is 1. The molecule has 2 aromatic heterocycles. The number of H-pyrrole nitrogens is 1. The lowest BCUT2D eigenvalue weighted by atomic mass is 9.97. The van der Waals surface area contributed by atoms with E-state index in [9.17, 15) is 4.79 Å². The quantitative estimate of drug-likeness (QED) is 0.497. The van der Waals surface area contributed by atoms with E-state index in [0.29, 0.717) is 12.2 Å². The van der Waals surface area contributed by atoms with Crippen LogP contribution in [0.25, 0.3) is 16.7 Å². The highest BCUT2D eigenvalue weighted by atomic mass is 32.2. The first kappa shape index (κ1) is 18.9. The fraction of sp³-hybridized carbons (Fsp3) is 0.261. The van der Waals surface area contributed by atoms with Gasteiger partial charge in [0.05, 0.1) is 17.2 Å². The Bertz CT molecular complexity index is 1150. The minimum absolute atomic E-state index is 0.0208. The maximum atomic E-state index is 13.5. The van der Waals surface area contributed by atoms with Crippen LogP contribution in [0.1, 0.15) is 35.1 Å². The van der Waals surface area contributed by atoms with Gasteiger partial charge in [0.15, 0.2) is 5.16 Å². The number of thioether (sulfide) groups is 1. The van der Waals surface area contributed by atoms with Crippen LogP contribution in [0.4, 0.5) is 0 Å². The lowest BCUT2D eigenvalue weighted by Gasteiger charge is -2.32. The normalized spacial score (nSPS) is 16.8. The zero-order chi connectivity index (χ0) is 20.5. The molecule has 1 fully saturated rings. The number of benzene rings is 2. The number of hydrogen-bond donors (Lipinski definition) is 1. The molecule has 3 heterocycles. The molecule has 1 atom stereocenters. The number of rotatable bonds is 4. The molecule has 1 unspecified atom stereocenters. The highest BCUT2D eigenvalue weighted by Gasteiger charge is 2.29. The van der Waals surface area contributed by atoms with Crippen molar-refractivity contribution >= 4 is 28.7 Å². The summed E-state index contributed by atoms with van der Waals surface area (Å²) in [4.78, 5) is 28.2. The molecule has 0 spiro atoms. The van der Waals surface area contributed by atoms with Crippen LogP contribution in [0, 0.1) is 0 Å². The molecule has 0 bridgehead atoms. The Morgan fingerprint density at radius 2 is 1.93 bits per heavy atom. The molecule has 30 heavy (non-hydrogen) atoms. The predicted octanol–water partition coefficient (Wildman–Crippen LogP) is 4.49. The number of piperidine rings is 1. The maximum absolute atomic E-state index is 13.5. The van der Waals surface area contributed by atoms with Crippen LogP contribution >= 0.6 is 11.8 Å². The third-order valence-corrected chi connectivity index (χ3v) is 6.30. The summed E-state index contributed by atoms with van der Waals surface area (Å²) in [6, 6.07) is 18.0. The second kappa shape index (κ2) is 7.99. The molecule has 1 N–H and O–H groups in total. The number of nitrogens with one attached hydrogen (secondary N) is 1. The SMILES string of the molecule is CSc1ncc(C(=O)N2CCCC(c3nc4ccccc4[nH]3)C2)n1-c1ccccc1. The van der Waals surface area contributed by atoms with E-state index in [2.05, 4.69) is 9.97 Å². The van der Waals surface area contributed by atoms with E-state index in [1.54, 1.807) is 18.0 Å². The Morgan fingerprint density at radius 1 is 1.13 bits per heavy atom. The molecule has 1 aliphatic rings. The molecule has 7 heteroatoms. The molecular formula is C23H23N5OS. The number of nitrogens with zero attached hydrogens (tertiary/aromatic N) is 4. The van der Waals surface area contributed by atoms with Gasteiger partial charge in [0.25, 0.3) is 5.91 Å². The third kappa shape index (κ3) is 3.39. The summed E-state index contributed by atoms with van der Waals surface area (Å²) in [7, 11) is 0. The number of hydrogen-bond acceptors (Lipinski definition) is 4. The Kier molecular flexibility index (Phi) is 5.04. The third-order valence-electron chi connectivity index (χ3n) is 5.65. The van der Waals surface area contributed by atoms with Gasteiger partial charge >= 0.3 is 0 Å². The first-order chi connectivity index (χ1) is 14.7. The van der Waals surface area contributed by atoms with Gasteiger partial charge in [-0.15, -0.1) is 0 Å². The smallest absolute Gasteiger partial charge is 0.272 e. The maximum Gasteiger partial charge on any atom is 0.272 e. The van der Waals surface area contributed by atoms with E-state index in [-0.39, 0.29) is 11.8 Å². The van der Waals surface area contributed by atoms with Crippen LogP contribution < -0.4 is 0 Å². The molecule has 0 saturated carbocycles. The van der Waals surface area contributed by atoms with Crippen molar-refractivity contribution in [2.45, 2.75) is 23.9 Å². The first-order valence-corrected chi connectivity index (χ1v) is 11.4. The van der Waals surface area contributed by atoms with Crippen molar-refractivity contribution in [2.24, 2.45) is 0 Å². The van der Waals surface area contributed by atoms with Crippen LogP contribution in [0.2, 0.25) is 0 Å². The average molecular weight is 418 g/mol. The minimum Gasteiger partial charge on any atom is -0.342 e. The Hall–Kier alpha value is -3.06. The summed E-state index contributed by atoms with van der Waals surface area (Å²) >= 11 is 1.54. The van der Waals surface area contributed by atoms with Crippen molar-refractivity contribution in [2.75, 3.05) is 19.3 Å². The molecule has 2 aromatic carbocycles. The summed E-state index contributed by atoms with van der Waals surface area (Å²) in [6.45, 7) is 1.41. The number of likely N-dealkylation sites (tertiary alicyclic amines) is 1. The fourth-order valence-corrected chi connectivity index (χ4v) is 4.71. The minimum atomic E-state index is 0.0208. The lowest BCUT2D eigenvalue weighted by Crippen LogP contribution is -2.40. The van der Waals surface area contributed by atoms with Crippen LogP contribution in [0.15, 0.2) is 66.0 Å². The average Bonchev–Trinajstić information content (AvgIpc) is 3.43. The zero-order valence-corrected chi connectivity index (χ0v) is 17.6. The van der Waals surface area contributed by atoms with Crippen LogP contribution in [-0.4, -0.2) is 49.7 Å². The Morgan fingerprint density at radius 3 is 2.73 bits per heavy atom. The fourth-order valence-electron chi connectivity index (χ4n) is 4.17. The van der Waals surface area contributed by atoms with Crippen molar-refractivity contribution in [3.63, 3.8) is 0 Å². The van der Waals surface area contributed by atoms with Gasteiger partial charge in [0.1, 0.15) is 11.5 Å². The molecule has 4 aromatic rings. The highest BCUT2D eigenvalue weighted by Crippen LogP contribution is 2.29. The molecule has 6 nitrogen and oxygen atoms in total. The van der Waals surface area contributed by atoms with E-state index >= 15 is 0 Å². The van der Waals surface area contributed by atoms with E-state index in [1.807, 2.05) is 70.3 Å². The van der Waals surface area contributed by atoms with Gasteiger partial charge in [-0.25, -0.2) is 9.97 Å². The summed E-state index contributed by atoms with van der Waals surface area (Å²) in [5.74, 6) is 1.20. The Labute approximate surface area is 179 Å². The molecule has 1 amide bonds. The number of para-hydroxylation sites is 3. The molecule has 0 aliphatic carbocycles. The number of fused-ring (bicyclic) bond motifs is 1. The van der Waals surface area contributed by atoms with Crippen LogP contribution in [0.5, 0.6) is 0 Å². The van der Waals surface area contributed by atoms with Crippen molar-refractivity contribution < 1.29 is 4.79 Å². The second-order valence-corrected chi connectivity index (χ2v) is 8.30. The van der Waals surface area contributed by atoms with Crippen LogP contribution in [0.3, 0.4) is 0 Å². The number of aromatic nitrogens is 4.